The zero-order valence-electron chi connectivity index (χ0n) is 16.5. The fourth-order valence-electron chi connectivity index (χ4n) is 4.82. The molecule has 2 heterocycles. The predicted octanol–water partition coefficient (Wildman–Crippen LogP) is 7.33. The largest absolute Gasteiger partial charge is 0.224 e. The Labute approximate surface area is 205 Å². The fraction of sp³-hybridized carbons (Fsp3) is 0.167. The first-order valence-corrected chi connectivity index (χ1v) is 11.5. The van der Waals surface area contributed by atoms with Crippen molar-refractivity contribution in [3.8, 4) is 0 Å². The monoisotopic (exact) mass is 500 g/mol. The van der Waals surface area contributed by atoms with Crippen molar-refractivity contribution in [1.82, 2.24) is 19.9 Å². The number of nitrogens with zero attached hydrogens (tertiary/aromatic N) is 4. The van der Waals surface area contributed by atoms with Gasteiger partial charge in [-0.1, -0.05) is 83.9 Å². The van der Waals surface area contributed by atoms with Crippen LogP contribution < -0.4 is 0 Å². The van der Waals surface area contributed by atoms with Crippen LogP contribution in [0.2, 0.25) is 20.9 Å². The van der Waals surface area contributed by atoms with E-state index >= 15 is 0 Å². The quantitative estimate of drug-likeness (QED) is 0.217. The Bertz CT molecular complexity index is 1110. The molecule has 0 spiro atoms. The third-order valence-electron chi connectivity index (χ3n) is 5.97. The molecule has 5 rings (SSSR count). The van der Waals surface area contributed by atoms with Crippen LogP contribution in [0.15, 0.2) is 72.8 Å². The van der Waals surface area contributed by atoms with Crippen molar-refractivity contribution in [2.45, 2.75) is 23.7 Å². The Kier molecular flexibility index (Phi) is 6.04. The fourth-order valence-corrected chi connectivity index (χ4v) is 5.67. The number of hydrogen-bond acceptors (Lipinski definition) is 4. The summed E-state index contributed by atoms with van der Waals surface area (Å²) in [6.45, 7) is 0. The minimum absolute atomic E-state index is 0.0670. The van der Waals surface area contributed by atoms with Crippen LogP contribution in [0.25, 0.3) is 0 Å². The van der Waals surface area contributed by atoms with E-state index in [0.29, 0.717) is 10.3 Å². The topological polar surface area (TPSA) is 51.6 Å². The Balaban J connectivity index is 1.72. The van der Waals surface area contributed by atoms with E-state index in [0.717, 1.165) is 11.4 Å². The summed E-state index contributed by atoms with van der Waals surface area (Å²) < 4.78 is 0. The summed E-state index contributed by atoms with van der Waals surface area (Å²) in [6, 6.07) is 24.3. The van der Waals surface area contributed by atoms with Gasteiger partial charge in [-0.2, -0.15) is 0 Å². The van der Waals surface area contributed by atoms with Crippen LogP contribution in [0.1, 0.15) is 46.2 Å². The lowest BCUT2D eigenvalue weighted by molar-refractivity contribution is 0.220. The lowest BCUT2D eigenvalue weighted by Crippen LogP contribution is -2.41. The van der Waals surface area contributed by atoms with Crippen molar-refractivity contribution < 1.29 is 0 Å². The van der Waals surface area contributed by atoms with Gasteiger partial charge in [-0.05, 0) is 46.5 Å². The molecule has 2 aromatic carbocycles. The molecular formula is C24H16Cl4N4. The zero-order chi connectivity index (χ0) is 22.2. The van der Waals surface area contributed by atoms with E-state index in [1.54, 1.807) is 12.1 Å². The molecule has 1 saturated carbocycles. The summed E-state index contributed by atoms with van der Waals surface area (Å²) >= 11 is 24.9. The first-order valence-electron chi connectivity index (χ1n) is 10.0. The molecule has 1 aliphatic carbocycles. The predicted molar refractivity (Wildman–Crippen MR) is 128 cm³/mol. The third-order valence-corrected chi connectivity index (χ3v) is 6.70. The van der Waals surface area contributed by atoms with Crippen molar-refractivity contribution in [1.29, 1.82) is 0 Å². The maximum Gasteiger partial charge on any atom is 0.224 e. The van der Waals surface area contributed by atoms with E-state index in [-0.39, 0.29) is 34.2 Å². The molecular weight excluding hydrogens is 486 g/mol. The van der Waals surface area contributed by atoms with Crippen molar-refractivity contribution in [2.24, 2.45) is 0 Å². The Morgan fingerprint density at radius 1 is 0.469 bits per heavy atom. The summed E-state index contributed by atoms with van der Waals surface area (Å²) in [5.74, 6) is 0.0848. The van der Waals surface area contributed by atoms with Crippen molar-refractivity contribution >= 4 is 46.4 Å². The molecule has 0 saturated heterocycles. The highest BCUT2D eigenvalue weighted by molar-refractivity contribution is 6.32. The Hall–Kier alpha value is -2.24. The lowest BCUT2D eigenvalue weighted by atomic mass is 9.50. The molecule has 0 aliphatic heterocycles. The highest BCUT2D eigenvalue weighted by Gasteiger charge is 2.54. The number of rotatable bonds is 4. The minimum atomic E-state index is -0.0670. The zero-order valence-corrected chi connectivity index (χ0v) is 19.6. The Morgan fingerprint density at radius 2 is 0.844 bits per heavy atom. The highest BCUT2D eigenvalue weighted by Crippen LogP contribution is 2.66. The SMILES string of the molecule is Clc1cc(C2C(c3ccccc3)C(c3ccccc3)C2c2cc(Cl)nc(Cl)n2)nc(Cl)n1. The second-order valence-corrected chi connectivity index (χ2v) is 9.14. The highest BCUT2D eigenvalue weighted by atomic mass is 35.5. The van der Waals surface area contributed by atoms with E-state index in [1.165, 1.54) is 11.1 Å². The van der Waals surface area contributed by atoms with Crippen LogP contribution in [0, 0.1) is 0 Å². The van der Waals surface area contributed by atoms with Gasteiger partial charge in [0.25, 0.3) is 0 Å². The maximum absolute atomic E-state index is 6.26. The van der Waals surface area contributed by atoms with E-state index in [1.807, 2.05) is 36.4 Å². The Morgan fingerprint density at radius 3 is 1.19 bits per heavy atom. The van der Waals surface area contributed by atoms with Gasteiger partial charge >= 0.3 is 0 Å². The van der Waals surface area contributed by atoms with Crippen LogP contribution in [0.5, 0.6) is 0 Å². The third kappa shape index (κ3) is 4.08. The molecule has 0 amide bonds. The molecule has 4 unspecified atom stereocenters. The van der Waals surface area contributed by atoms with Crippen LogP contribution >= 0.6 is 46.4 Å². The molecule has 0 bridgehead atoms. The van der Waals surface area contributed by atoms with E-state index in [2.05, 4.69) is 44.2 Å². The molecule has 32 heavy (non-hydrogen) atoms. The standard InChI is InChI=1S/C24H16Cl4N4/c25-17-11-15(29-23(27)31-17)21-19(13-7-3-1-4-8-13)20(14-9-5-2-6-10-14)22(21)16-12-18(26)32-24(28)30-16/h1-12,19-22H. The number of benzene rings is 2. The lowest BCUT2D eigenvalue weighted by Gasteiger charge is -2.52. The van der Waals surface area contributed by atoms with Gasteiger partial charge in [0, 0.05) is 23.7 Å². The molecule has 8 heteroatoms. The van der Waals surface area contributed by atoms with Gasteiger partial charge in [0.2, 0.25) is 10.6 Å². The summed E-state index contributed by atoms with van der Waals surface area (Å²) in [7, 11) is 0. The van der Waals surface area contributed by atoms with Crippen molar-refractivity contribution in [3.05, 3.63) is 116 Å². The number of halogens is 4. The molecule has 0 N–H and O–H groups in total. The van der Waals surface area contributed by atoms with Crippen LogP contribution in [0.4, 0.5) is 0 Å². The van der Waals surface area contributed by atoms with E-state index < -0.39 is 0 Å². The molecule has 4 atom stereocenters. The first kappa shape index (κ1) is 21.6. The minimum Gasteiger partial charge on any atom is -0.223 e. The van der Waals surface area contributed by atoms with Gasteiger partial charge < -0.3 is 0 Å². The normalized spacial score (nSPS) is 22.4. The van der Waals surface area contributed by atoms with Gasteiger partial charge in [-0.25, -0.2) is 19.9 Å². The van der Waals surface area contributed by atoms with Crippen LogP contribution in [0.3, 0.4) is 0 Å². The van der Waals surface area contributed by atoms with Gasteiger partial charge in [0.1, 0.15) is 10.3 Å². The summed E-state index contributed by atoms with van der Waals surface area (Å²) in [6.07, 6.45) is 0. The van der Waals surface area contributed by atoms with Crippen molar-refractivity contribution in [2.75, 3.05) is 0 Å². The molecule has 160 valence electrons. The summed E-state index contributed by atoms with van der Waals surface area (Å²) in [4.78, 5) is 17.1. The number of hydrogen-bond donors (Lipinski definition) is 0. The van der Waals surface area contributed by atoms with Crippen LogP contribution in [-0.4, -0.2) is 19.9 Å². The molecule has 2 aromatic heterocycles. The smallest absolute Gasteiger partial charge is 0.223 e. The average Bonchev–Trinajstić information content (AvgIpc) is 2.73. The second kappa shape index (κ2) is 8.95. The van der Waals surface area contributed by atoms with E-state index in [4.69, 9.17) is 46.4 Å². The number of aromatic nitrogens is 4. The van der Waals surface area contributed by atoms with Crippen LogP contribution in [-0.2, 0) is 0 Å². The van der Waals surface area contributed by atoms with E-state index in [9.17, 15) is 0 Å². The second-order valence-electron chi connectivity index (χ2n) is 7.69. The van der Waals surface area contributed by atoms with Gasteiger partial charge in [0.15, 0.2) is 0 Å². The molecule has 0 radical (unpaired) electrons. The average molecular weight is 502 g/mol. The molecule has 4 aromatic rings. The van der Waals surface area contributed by atoms with Gasteiger partial charge in [-0.15, -0.1) is 0 Å². The van der Waals surface area contributed by atoms with Crippen molar-refractivity contribution in [3.63, 3.8) is 0 Å². The first-order chi connectivity index (χ1) is 15.5. The summed E-state index contributed by atoms with van der Waals surface area (Å²) in [5.41, 5.74) is 3.90. The molecule has 1 fully saturated rings. The molecule has 1 aliphatic rings. The maximum atomic E-state index is 6.26. The van der Waals surface area contributed by atoms with Gasteiger partial charge in [-0.3, -0.25) is 0 Å². The summed E-state index contributed by atoms with van der Waals surface area (Å²) in [5, 5.41) is 0.819. The molecule has 4 nitrogen and oxygen atoms in total. The van der Waals surface area contributed by atoms with Gasteiger partial charge in [0.05, 0.1) is 11.4 Å².